The van der Waals surface area contributed by atoms with E-state index in [0.717, 1.165) is 22.5 Å². The van der Waals surface area contributed by atoms with Crippen molar-refractivity contribution in [2.45, 2.75) is 52.4 Å². The highest BCUT2D eigenvalue weighted by Crippen LogP contribution is 2.53. The summed E-state index contributed by atoms with van der Waals surface area (Å²) in [7, 11) is 0. The zero-order valence-electron chi connectivity index (χ0n) is 32.5. The molecule has 4 heterocycles. The second kappa shape index (κ2) is 12.4. The van der Waals surface area contributed by atoms with Crippen LogP contribution < -0.4 is 9.80 Å². The van der Waals surface area contributed by atoms with Crippen molar-refractivity contribution in [1.29, 1.82) is 0 Å². The highest BCUT2D eigenvalue weighted by molar-refractivity contribution is 5.89. The molecule has 0 saturated carbocycles. The summed E-state index contributed by atoms with van der Waals surface area (Å²) in [5, 5.41) is 0. The molecule has 2 aliphatic rings. The zero-order chi connectivity index (χ0) is 38.3. The van der Waals surface area contributed by atoms with Crippen LogP contribution in [0.15, 0.2) is 154 Å². The van der Waals surface area contributed by atoms with Crippen molar-refractivity contribution in [3.05, 3.63) is 180 Å². The van der Waals surface area contributed by atoms with Gasteiger partial charge in [-0.2, -0.15) is 0 Å². The highest BCUT2D eigenvalue weighted by atomic mass is 16.4. The first-order valence-electron chi connectivity index (χ1n) is 19.3. The minimum atomic E-state index is -0.119. The molecule has 0 atom stereocenters. The van der Waals surface area contributed by atoms with Crippen LogP contribution in [0.5, 0.6) is 0 Å². The molecule has 0 bridgehead atoms. The Bertz CT molecular complexity index is 2500. The molecular weight excluding hydrogens is 689 g/mol. The third kappa shape index (κ3) is 5.09. The first-order valence-corrected chi connectivity index (χ1v) is 19.3. The monoisotopic (exact) mass is 730 g/mol. The minimum absolute atomic E-state index is 0.119. The molecule has 6 aromatic carbocycles. The Morgan fingerprint density at radius 3 is 0.982 bits per heavy atom. The van der Waals surface area contributed by atoms with Crippen LogP contribution in [-0.2, 0) is 10.8 Å². The van der Waals surface area contributed by atoms with Gasteiger partial charge in [0.2, 0.25) is 0 Å². The molecule has 0 unspecified atom stereocenters. The van der Waals surface area contributed by atoms with Crippen LogP contribution in [0.1, 0.15) is 61.7 Å². The summed E-state index contributed by atoms with van der Waals surface area (Å²) < 4.78 is 12.7. The van der Waals surface area contributed by atoms with Gasteiger partial charge >= 0.3 is 0 Å². The molecule has 56 heavy (non-hydrogen) atoms. The number of aryl methyl sites for hydroxylation is 2. The fourth-order valence-electron chi connectivity index (χ4n) is 8.98. The molecule has 2 aromatic heterocycles. The van der Waals surface area contributed by atoms with Crippen molar-refractivity contribution >= 4 is 34.1 Å². The van der Waals surface area contributed by atoms with Gasteiger partial charge in [0.15, 0.2) is 23.3 Å². The summed E-state index contributed by atoms with van der Waals surface area (Å²) in [4.78, 5) is 14.5. The maximum atomic E-state index is 6.35. The topological polar surface area (TPSA) is 58.5 Å². The maximum Gasteiger partial charge on any atom is 0.200 e. The van der Waals surface area contributed by atoms with Gasteiger partial charge in [0.1, 0.15) is 11.4 Å². The van der Waals surface area contributed by atoms with Crippen molar-refractivity contribution < 1.29 is 8.83 Å². The van der Waals surface area contributed by atoms with E-state index >= 15 is 0 Å². The van der Waals surface area contributed by atoms with Gasteiger partial charge in [0.05, 0.1) is 22.7 Å². The molecule has 0 aliphatic carbocycles. The van der Waals surface area contributed by atoms with Crippen molar-refractivity contribution in [3.63, 3.8) is 0 Å². The van der Waals surface area contributed by atoms with E-state index in [1.807, 2.05) is 13.8 Å². The number of rotatable bonds is 5. The van der Waals surface area contributed by atoms with Crippen LogP contribution >= 0.6 is 0 Å². The second-order valence-corrected chi connectivity index (χ2v) is 15.9. The van der Waals surface area contributed by atoms with Gasteiger partial charge in [-0.15, -0.1) is 0 Å². The Hall–Kier alpha value is -6.66. The first kappa shape index (κ1) is 33.9. The minimum Gasteiger partial charge on any atom is -0.437 e. The van der Waals surface area contributed by atoms with E-state index < -0.39 is 0 Å². The van der Waals surface area contributed by atoms with Crippen molar-refractivity contribution in [2.75, 3.05) is 9.80 Å². The quantitative estimate of drug-likeness (QED) is 0.176. The molecule has 6 heteroatoms. The van der Waals surface area contributed by atoms with Gasteiger partial charge in [-0.25, -0.2) is 9.97 Å². The molecule has 2 aliphatic heterocycles. The van der Waals surface area contributed by atoms with Gasteiger partial charge < -0.3 is 18.6 Å². The summed E-state index contributed by atoms with van der Waals surface area (Å²) in [6.45, 7) is 13.0. The van der Waals surface area contributed by atoms with Crippen molar-refractivity contribution in [2.24, 2.45) is 0 Å². The number of benzene rings is 6. The Morgan fingerprint density at radius 1 is 0.393 bits per heavy atom. The number of nitrogens with zero attached hydrogens (tertiary/aromatic N) is 4. The standard InChI is InChI=1S/C50H42N4O2/c1-31-51-45(33-23-27-35(28-24-33)53-41-19-11-7-15-37(41)49(3,4)38-16-8-12-20-42(38)53)47(55-31)48-46(52-32(2)56-48)34-25-29-36(30-26-34)54-43-21-13-9-17-39(43)50(5,6)40-18-10-14-22-44(40)54/h7-30H,1-6H3. The molecule has 0 N–H and O–H groups in total. The lowest BCUT2D eigenvalue weighted by Gasteiger charge is -2.42. The van der Waals surface area contributed by atoms with Gasteiger partial charge in [0, 0.05) is 47.2 Å². The number of fused-ring (bicyclic) bond motifs is 4. The van der Waals surface area contributed by atoms with E-state index in [0.29, 0.717) is 34.7 Å². The van der Waals surface area contributed by atoms with Crippen LogP contribution in [0.3, 0.4) is 0 Å². The predicted molar refractivity (Wildman–Crippen MR) is 226 cm³/mol. The van der Waals surface area contributed by atoms with Crippen LogP contribution in [0.4, 0.5) is 34.1 Å². The summed E-state index contributed by atoms with van der Waals surface area (Å²) in [5.41, 5.74) is 15.1. The number of hydrogen-bond acceptors (Lipinski definition) is 6. The first-order chi connectivity index (χ1) is 27.1. The summed E-state index contributed by atoms with van der Waals surface area (Å²) in [6.07, 6.45) is 0. The molecule has 0 fully saturated rings. The molecule has 274 valence electrons. The van der Waals surface area contributed by atoms with Gasteiger partial charge in [-0.1, -0.05) is 125 Å². The molecule has 0 amide bonds. The lowest BCUT2D eigenvalue weighted by molar-refractivity contribution is 0.485. The molecule has 0 saturated heterocycles. The second-order valence-electron chi connectivity index (χ2n) is 15.9. The van der Waals surface area contributed by atoms with E-state index in [-0.39, 0.29) is 10.8 Å². The number of anilines is 6. The molecule has 0 radical (unpaired) electrons. The van der Waals surface area contributed by atoms with Crippen LogP contribution in [0, 0.1) is 13.8 Å². The van der Waals surface area contributed by atoms with Crippen LogP contribution in [0.2, 0.25) is 0 Å². The average Bonchev–Trinajstić information content (AvgIpc) is 3.80. The normalized spacial score (nSPS) is 14.8. The molecule has 8 aromatic rings. The Kier molecular flexibility index (Phi) is 7.52. The van der Waals surface area contributed by atoms with Crippen molar-refractivity contribution in [3.8, 4) is 34.0 Å². The van der Waals surface area contributed by atoms with E-state index in [1.54, 1.807) is 0 Å². The third-order valence-electron chi connectivity index (χ3n) is 11.7. The summed E-state index contributed by atoms with van der Waals surface area (Å²) >= 11 is 0. The van der Waals surface area contributed by atoms with Gasteiger partial charge in [-0.05, 0) is 70.8 Å². The maximum absolute atomic E-state index is 6.35. The van der Waals surface area contributed by atoms with E-state index in [4.69, 9.17) is 18.8 Å². The lowest BCUT2D eigenvalue weighted by Crippen LogP contribution is -2.30. The van der Waals surface area contributed by atoms with Crippen molar-refractivity contribution in [1.82, 2.24) is 9.97 Å². The number of oxazole rings is 2. The fourth-order valence-corrected chi connectivity index (χ4v) is 8.98. The fraction of sp³-hybridized carbons (Fsp3) is 0.160. The zero-order valence-corrected chi connectivity index (χ0v) is 32.5. The molecule has 0 spiro atoms. The molecular formula is C50H42N4O2. The smallest absolute Gasteiger partial charge is 0.200 e. The molecule has 6 nitrogen and oxygen atoms in total. The Morgan fingerprint density at radius 2 is 0.679 bits per heavy atom. The predicted octanol–water partition coefficient (Wildman–Crippen LogP) is 13.5. The van der Waals surface area contributed by atoms with Gasteiger partial charge in [-0.3, -0.25) is 0 Å². The number of aromatic nitrogens is 2. The number of para-hydroxylation sites is 4. The van der Waals surface area contributed by atoms with E-state index in [2.05, 4.69) is 183 Å². The van der Waals surface area contributed by atoms with E-state index in [1.165, 1.54) is 45.0 Å². The average molecular weight is 731 g/mol. The summed E-state index contributed by atoms with van der Waals surface area (Å²) in [5.74, 6) is 2.24. The van der Waals surface area contributed by atoms with Crippen LogP contribution in [-0.4, -0.2) is 9.97 Å². The lowest BCUT2D eigenvalue weighted by atomic mass is 9.73. The largest absolute Gasteiger partial charge is 0.437 e. The molecule has 10 rings (SSSR count). The summed E-state index contributed by atoms with van der Waals surface area (Å²) in [6, 6.07) is 52.0. The Labute approximate surface area is 327 Å². The van der Waals surface area contributed by atoms with Crippen LogP contribution in [0.25, 0.3) is 34.0 Å². The van der Waals surface area contributed by atoms with Gasteiger partial charge in [0.25, 0.3) is 0 Å². The SMILES string of the molecule is Cc1nc(-c2ccc(N3c4ccccc4C(C)(C)c4ccccc43)cc2)c(-c2oc(C)nc2-c2ccc(N3c4ccccc4C(C)(C)c4ccccc43)cc2)o1. The third-order valence-corrected chi connectivity index (χ3v) is 11.7. The number of hydrogen-bond donors (Lipinski definition) is 0. The van der Waals surface area contributed by atoms with E-state index in [9.17, 15) is 0 Å². The highest BCUT2D eigenvalue weighted by Gasteiger charge is 2.38. The Balaban J connectivity index is 1.01.